The summed E-state index contributed by atoms with van der Waals surface area (Å²) in [5.41, 5.74) is 1.16. The molecule has 0 fully saturated rings. The highest BCUT2D eigenvalue weighted by molar-refractivity contribution is 7.85. The first kappa shape index (κ1) is 21.5. The third kappa shape index (κ3) is 11.6. The van der Waals surface area contributed by atoms with Crippen molar-refractivity contribution in [3.8, 4) is 0 Å². The molecule has 0 aliphatic heterocycles. The summed E-state index contributed by atoms with van der Waals surface area (Å²) >= 11 is 0. The van der Waals surface area contributed by atoms with E-state index in [1.165, 1.54) is 7.11 Å². The summed E-state index contributed by atoms with van der Waals surface area (Å²) in [5.74, 6) is -0.405. The van der Waals surface area contributed by atoms with Gasteiger partial charge in [0.05, 0.1) is 26.1 Å². The van der Waals surface area contributed by atoms with E-state index in [1.807, 2.05) is 18.3 Å². The van der Waals surface area contributed by atoms with Crippen molar-refractivity contribution < 1.29 is 26.9 Å². The fraction of sp³-hybridized carbons (Fsp3) is 0.647. The van der Waals surface area contributed by atoms with Gasteiger partial charge in [-0.05, 0) is 50.2 Å². The van der Waals surface area contributed by atoms with Crippen LogP contribution in [0.3, 0.4) is 0 Å². The summed E-state index contributed by atoms with van der Waals surface area (Å²) < 4.78 is 36.8. The number of carbonyl (C=O) groups excluding carboxylic acids is 1. The normalized spacial score (nSPS) is 12.7. The Bertz CT molecular complexity index is 590. The van der Waals surface area contributed by atoms with Crippen molar-refractivity contribution >= 4 is 16.1 Å². The summed E-state index contributed by atoms with van der Waals surface area (Å²) in [6.45, 7) is 0.0894. The molecule has 0 aromatic carbocycles. The number of hydrogen-bond donors (Lipinski definition) is 0. The lowest BCUT2D eigenvalue weighted by Gasteiger charge is -2.17. The predicted octanol–water partition coefficient (Wildman–Crippen LogP) is 2.11. The lowest BCUT2D eigenvalue weighted by atomic mass is 10.0. The van der Waals surface area contributed by atoms with E-state index in [1.54, 1.807) is 6.20 Å². The molecule has 0 amide bonds. The fourth-order valence-electron chi connectivity index (χ4n) is 2.32. The molecule has 1 aromatic rings. The summed E-state index contributed by atoms with van der Waals surface area (Å²) in [6.07, 6.45) is 9.26. The van der Waals surface area contributed by atoms with E-state index >= 15 is 0 Å². The lowest BCUT2D eigenvalue weighted by molar-refractivity contribution is -0.148. The molecule has 0 saturated carbocycles. The summed E-state index contributed by atoms with van der Waals surface area (Å²) in [4.78, 5) is 15.3. The van der Waals surface area contributed by atoms with E-state index < -0.39 is 16.1 Å². The van der Waals surface area contributed by atoms with Crippen LogP contribution < -0.4 is 0 Å². The van der Waals surface area contributed by atoms with Gasteiger partial charge in [-0.1, -0.05) is 6.07 Å². The van der Waals surface area contributed by atoms with Gasteiger partial charge in [-0.2, -0.15) is 8.42 Å². The van der Waals surface area contributed by atoms with Gasteiger partial charge < -0.3 is 9.47 Å². The zero-order valence-electron chi connectivity index (χ0n) is 14.8. The summed E-state index contributed by atoms with van der Waals surface area (Å²) in [6, 6.07) is 3.93. The Labute approximate surface area is 149 Å². The first-order valence-corrected chi connectivity index (χ1v) is 10.1. The molecule has 8 heteroatoms. The van der Waals surface area contributed by atoms with Crippen molar-refractivity contribution in [2.75, 3.05) is 26.6 Å². The molecule has 7 nitrogen and oxygen atoms in total. The molecular weight excluding hydrogens is 346 g/mol. The second-order valence-electron chi connectivity index (χ2n) is 5.78. The van der Waals surface area contributed by atoms with Crippen LogP contribution in [0, 0.1) is 0 Å². The highest BCUT2D eigenvalue weighted by Crippen LogP contribution is 2.14. The number of pyridine rings is 1. The van der Waals surface area contributed by atoms with Crippen molar-refractivity contribution in [1.29, 1.82) is 0 Å². The molecule has 1 atom stereocenters. The molecule has 0 saturated heterocycles. The third-order valence-corrected chi connectivity index (χ3v) is 4.19. The maximum Gasteiger partial charge on any atom is 0.331 e. The van der Waals surface area contributed by atoms with Gasteiger partial charge in [-0.15, -0.1) is 0 Å². The molecule has 1 aromatic heterocycles. The van der Waals surface area contributed by atoms with Gasteiger partial charge in [0.25, 0.3) is 10.1 Å². The minimum Gasteiger partial charge on any atom is -0.467 e. The topological polar surface area (TPSA) is 91.8 Å². The molecule has 0 aliphatic rings. The van der Waals surface area contributed by atoms with E-state index in [0.717, 1.165) is 43.9 Å². The Kier molecular flexibility index (Phi) is 10.3. The molecule has 1 heterocycles. The van der Waals surface area contributed by atoms with Crippen LogP contribution in [0.4, 0.5) is 0 Å². The van der Waals surface area contributed by atoms with Crippen LogP contribution in [0.25, 0.3) is 0 Å². The standard InChI is InChI=1S/C17H27NO6S/c1-22-17(19)14-23-16(9-3-4-12-24-25(2,20)21)10-5-7-15-8-6-11-18-13-15/h6,8,11,13,16H,3-5,7,9-10,12,14H2,1-2H3. The molecule has 0 aliphatic carbocycles. The fourth-order valence-corrected chi connectivity index (χ4v) is 2.74. The number of nitrogens with zero attached hydrogens (tertiary/aromatic N) is 1. The van der Waals surface area contributed by atoms with Gasteiger partial charge in [0.2, 0.25) is 0 Å². The van der Waals surface area contributed by atoms with Crippen LogP contribution in [0.1, 0.15) is 37.7 Å². The Hall–Kier alpha value is -1.51. The first-order valence-electron chi connectivity index (χ1n) is 8.32. The van der Waals surface area contributed by atoms with E-state index in [2.05, 4.69) is 9.72 Å². The lowest BCUT2D eigenvalue weighted by Crippen LogP contribution is -2.20. The number of unbranched alkanes of at least 4 members (excludes halogenated alkanes) is 1. The van der Waals surface area contributed by atoms with E-state index in [4.69, 9.17) is 8.92 Å². The number of carbonyl (C=O) groups is 1. The van der Waals surface area contributed by atoms with E-state index in [-0.39, 0.29) is 19.3 Å². The molecular formula is C17H27NO6S. The van der Waals surface area contributed by atoms with Crippen LogP contribution in [0.15, 0.2) is 24.5 Å². The summed E-state index contributed by atoms with van der Waals surface area (Å²) in [5, 5.41) is 0. The average Bonchev–Trinajstić information content (AvgIpc) is 2.58. The van der Waals surface area contributed by atoms with E-state index in [0.29, 0.717) is 6.42 Å². The molecule has 0 N–H and O–H groups in total. The number of hydrogen-bond acceptors (Lipinski definition) is 7. The quantitative estimate of drug-likeness (QED) is 0.297. The van der Waals surface area contributed by atoms with Crippen molar-refractivity contribution in [3.63, 3.8) is 0 Å². The number of aryl methyl sites for hydroxylation is 1. The van der Waals surface area contributed by atoms with Crippen LogP contribution in [0.5, 0.6) is 0 Å². The molecule has 0 spiro atoms. The second-order valence-corrected chi connectivity index (χ2v) is 7.43. The Morgan fingerprint density at radius 1 is 1.24 bits per heavy atom. The minimum atomic E-state index is -3.39. The first-order chi connectivity index (χ1) is 11.9. The zero-order valence-corrected chi connectivity index (χ0v) is 15.7. The smallest absolute Gasteiger partial charge is 0.331 e. The molecule has 142 valence electrons. The zero-order chi connectivity index (χ0) is 18.5. The van der Waals surface area contributed by atoms with Crippen molar-refractivity contribution in [3.05, 3.63) is 30.1 Å². The van der Waals surface area contributed by atoms with Crippen molar-refractivity contribution in [1.82, 2.24) is 4.98 Å². The van der Waals surface area contributed by atoms with Crippen molar-refractivity contribution in [2.24, 2.45) is 0 Å². The Morgan fingerprint density at radius 3 is 2.64 bits per heavy atom. The van der Waals surface area contributed by atoms with Gasteiger partial charge in [0.15, 0.2) is 0 Å². The maximum atomic E-state index is 11.3. The largest absolute Gasteiger partial charge is 0.467 e. The van der Waals surface area contributed by atoms with Gasteiger partial charge >= 0.3 is 5.97 Å². The number of esters is 1. The monoisotopic (exact) mass is 373 g/mol. The van der Waals surface area contributed by atoms with Crippen LogP contribution >= 0.6 is 0 Å². The number of methoxy groups -OCH3 is 1. The SMILES string of the molecule is COC(=O)COC(CCCCOS(C)(=O)=O)CCCc1cccnc1. The minimum absolute atomic E-state index is 0.0750. The molecule has 25 heavy (non-hydrogen) atoms. The highest BCUT2D eigenvalue weighted by atomic mass is 32.2. The third-order valence-electron chi connectivity index (χ3n) is 3.60. The Balaban J connectivity index is 2.33. The summed E-state index contributed by atoms with van der Waals surface area (Å²) in [7, 11) is -2.07. The average molecular weight is 373 g/mol. The van der Waals surface area contributed by atoms with Gasteiger partial charge in [0.1, 0.15) is 6.61 Å². The van der Waals surface area contributed by atoms with Crippen LogP contribution in [0.2, 0.25) is 0 Å². The van der Waals surface area contributed by atoms with Crippen molar-refractivity contribution in [2.45, 2.75) is 44.6 Å². The molecule has 1 rings (SSSR count). The second kappa shape index (κ2) is 11.9. The van der Waals surface area contributed by atoms with E-state index in [9.17, 15) is 13.2 Å². The van der Waals surface area contributed by atoms with Gasteiger partial charge in [-0.25, -0.2) is 4.79 Å². The van der Waals surface area contributed by atoms with Gasteiger partial charge in [-0.3, -0.25) is 9.17 Å². The maximum absolute atomic E-state index is 11.3. The number of rotatable bonds is 13. The number of ether oxygens (including phenoxy) is 2. The van der Waals surface area contributed by atoms with Gasteiger partial charge in [0, 0.05) is 12.4 Å². The van der Waals surface area contributed by atoms with Crippen LogP contribution in [-0.2, 0) is 35.0 Å². The number of aromatic nitrogens is 1. The molecule has 0 radical (unpaired) electrons. The molecule has 1 unspecified atom stereocenters. The predicted molar refractivity (Wildman–Crippen MR) is 93.6 cm³/mol. The molecule has 0 bridgehead atoms. The Morgan fingerprint density at radius 2 is 2.00 bits per heavy atom. The highest BCUT2D eigenvalue weighted by Gasteiger charge is 2.12. The van der Waals surface area contributed by atoms with Crippen LogP contribution in [-0.4, -0.2) is 52.1 Å².